The number of hydrogen-bond acceptors (Lipinski definition) is 2. The Bertz CT molecular complexity index is 222. The molecule has 0 saturated heterocycles. The number of carbonyl (C=O) groups is 1. The van der Waals surface area contributed by atoms with Gasteiger partial charge in [-0.2, -0.15) is 0 Å². The summed E-state index contributed by atoms with van der Waals surface area (Å²) in [6.45, 7) is 4.14. The lowest BCUT2D eigenvalue weighted by atomic mass is 9.82. The standard InChI is InChI=1S/C12H20O2/c1-9-4-6-11(7-5-9)8-10(2)12(13)14-3/h8-9,11H,4-7H2,1-3H3/b10-8+. The molecular formula is C12H20O2. The molecule has 1 saturated carbocycles. The third-order valence-electron chi connectivity index (χ3n) is 3.05. The van der Waals surface area contributed by atoms with Crippen molar-refractivity contribution in [3.05, 3.63) is 11.6 Å². The average molecular weight is 196 g/mol. The Morgan fingerprint density at radius 1 is 1.29 bits per heavy atom. The van der Waals surface area contributed by atoms with Crippen LogP contribution in [0.2, 0.25) is 0 Å². The molecule has 0 aromatic rings. The van der Waals surface area contributed by atoms with Crippen molar-refractivity contribution >= 4 is 5.97 Å². The summed E-state index contributed by atoms with van der Waals surface area (Å²) in [5.74, 6) is 1.26. The minimum absolute atomic E-state index is 0.191. The molecule has 80 valence electrons. The zero-order chi connectivity index (χ0) is 10.6. The predicted octanol–water partition coefficient (Wildman–Crippen LogP) is 2.93. The summed E-state index contributed by atoms with van der Waals surface area (Å²) in [6.07, 6.45) is 7.09. The molecule has 0 radical (unpaired) electrons. The summed E-state index contributed by atoms with van der Waals surface area (Å²) < 4.78 is 4.67. The number of ether oxygens (including phenoxy) is 1. The molecule has 14 heavy (non-hydrogen) atoms. The number of rotatable bonds is 2. The molecule has 0 unspecified atom stereocenters. The van der Waals surface area contributed by atoms with Crippen LogP contribution in [0.15, 0.2) is 11.6 Å². The molecule has 1 aliphatic rings. The highest BCUT2D eigenvalue weighted by Crippen LogP contribution is 2.29. The van der Waals surface area contributed by atoms with E-state index in [0.717, 1.165) is 11.5 Å². The van der Waals surface area contributed by atoms with Crippen molar-refractivity contribution in [3.8, 4) is 0 Å². The van der Waals surface area contributed by atoms with Gasteiger partial charge in [0.15, 0.2) is 0 Å². The lowest BCUT2D eigenvalue weighted by molar-refractivity contribution is -0.136. The van der Waals surface area contributed by atoms with Crippen molar-refractivity contribution in [1.82, 2.24) is 0 Å². The molecule has 0 atom stereocenters. The first-order valence-electron chi connectivity index (χ1n) is 5.40. The van der Waals surface area contributed by atoms with Crippen LogP contribution >= 0.6 is 0 Å². The highest BCUT2D eigenvalue weighted by Gasteiger charge is 2.17. The van der Waals surface area contributed by atoms with E-state index in [4.69, 9.17) is 0 Å². The van der Waals surface area contributed by atoms with E-state index in [1.54, 1.807) is 0 Å². The Balaban J connectivity index is 2.47. The third kappa shape index (κ3) is 3.17. The van der Waals surface area contributed by atoms with Gasteiger partial charge in [-0.05, 0) is 31.6 Å². The van der Waals surface area contributed by atoms with E-state index in [1.165, 1.54) is 32.8 Å². The fraction of sp³-hybridized carbons (Fsp3) is 0.750. The van der Waals surface area contributed by atoms with Crippen LogP contribution in [-0.2, 0) is 9.53 Å². The monoisotopic (exact) mass is 196 g/mol. The van der Waals surface area contributed by atoms with Crippen LogP contribution in [0, 0.1) is 11.8 Å². The summed E-state index contributed by atoms with van der Waals surface area (Å²) in [5.41, 5.74) is 0.757. The first kappa shape index (κ1) is 11.3. The molecule has 0 aromatic heterocycles. The van der Waals surface area contributed by atoms with Gasteiger partial charge >= 0.3 is 5.97 Å². The van der Waals surface area contributed by atoms with Gasteiger partial charge < -0.3 is 4.74 Å². The topological polar surface area (TPSA) is 26.3 Å². The van der Waals surface area contributed by atoms with Gasteiger partial charge in [-0.3, -0.25) is 0 Å². The van der Waals surface area contributed by atoms with E-state index in [0.29, 0.717) is 5.92 Å². The second kappa shape index (κ2) is 5.18. The number of allylic oxidation sites excluding steroid dienone is 1. The number of methoxy groups -OCH3 is 1. The van der Waals surface area contributed by atoms with E-state index in [1.807, 2.05) is 6.92 Å². The van der Waals surface area contributed by atoms with Crippen LogP contribution in [0.1, 0.15) is 39.5 Å². The Kier molecular flexibility index (Phi) is 4.18. The molecule has 2 nitrogen and oxygen atoms in total. The highest BCUT2D eigenvalue weighted by atomic mass is 16.5. The van der Waals surface area contributed by atoms with Crippen LogP contribution in [0.4, 0.5) is 0 Å². The molecule has 0 N–H and O–H groups in total. The molecule has 1 rings (SSSR count). The summed E-state index contributed by atoms with van der Waals surface area (Å²) in [6, 6.07) is 0. The summed E-state index contributed by atoms with van der Waals surface area (Å²) in [7, 11) is 1.43. The molecule has 0 bridgehead atoms. The fourth-order valence-electron chi connectivity index (χ4n) is 2.04. The SMILES string of the molecule is COC(=O)/C(C)=C/C1CCC(C)CC1. The Labute approximate surface area is 86.3 Å². The summed E-state index contributed by atoms with van der Waals surface area (Å²) in [5, 5.41) is 0. The highest BCUT2D eigenvalue weighted by molar-refractivity contribution is 5.87. The van der Waals surface area contributed by atoms with E-state index in [9.17, 15) is 4.79 Å². The Morgan fingerprint density at radius 2 is 1.86 bits per heavy atom. The van der Waals surface area contributed by atoms with Gasteiger partial charge in [0.2, 0.25) is 0 Å². The minimum atomic E-state index is -0.191. The second-order valence-electron chi connectivity index (χ2n) is 4.36. The largest absolute Gasteiger partial charge is 0.466 e. The lowest BCUT2D eigenvalue weighted by Gasteiger charge is -2.24. The van der Waals surface area contributed by atoms with Gasteiger partial charge in [0.1, 0.15) is 0 Å². The number of esters is 1. The van der Waals surface area contributed by atoms with Crippen molar-refractivity contribution in [3.63, 3.8) is 0 Å². The van der Waals surface area contributed by atoms with Crippen LogP contribution in [0.3, 0.4) is 0 Å². The smallest absolute Gasteiger partial charge is 0.333 e. The quantitative estimate of drug-likeness (QED) is 0.501. The van der Waals surface area contributed by atoms with Crippen molar-refractivity contribution in [2.24, 2.45) is 11.8 Å². The van der Waals surface area contributed by atoms with Gasteiger partial charge in [-0.1, -0.05) is 25.8 Å². The Hall–Kier alpha value is -0.790. The molecular weight excluding hydrogens is 176 g/mol. The van der Waals surface area contributed by atoms with Crippen LogP contribution in [0.25, 0.3) is 0 Å². The lowest BCUT2D eigenvalue weighted by Crippen LogP contribution is -2.12. The van der Waals surface area contributed by atoms with Gasteiger partial charge in [0.05, 0.1) is 7.11 Å². The fourth-order valence-corrected chi connectivity index (χ4v) is 2.04. The third-order valence-corrected chi connectivity index (χ3v) is 3.05. The molecule has 2 heteroatoms. The first-order chi connectivity index (χ1) is 6.63. The van der Waals surface area contributed by atoms with Crippen LogP contribution in [-0.4, -0.2) is 13.1 Å². The van der Waals surface area contributed by atoms with Crippen LogP contribution < -0.4 is 0 Å². The molecule has 0 aliphatic heterocycles. The number of carbonyl (C=O) groups excluding carboxylic acids is 1. The van der Waals surface area contributed by atoms with E-state index in [-0.39, 0.29) is 5.97 Å². The summed E-state index contributed by atoms with van der Waals surface area (Å²) >= 11 is 0. The second-order valence-corrected chi connectivity index (χ2v) is 4.36. The first-order valence-corrected chi connectivity index (χ1v) is 5.40. The zero-order valence-corrected chi connectivity index (χ0v) is 9.38. The number of hydrogen-bond donors (Lipinski definition) is 0. The Morgan fingerprint density at radius 3 is 2.36 bits per heavy atom. The predicted molar refractivity (Wildman–Crippen MR) is 56.9 cm³/mol. The molecule has 1 fully saturated rings. The van der Waals surface area contributed by atoms with Crippen molar-refractivity contribution in [2.75, 3.05) is 7.11 Å². The molecule has 0 heterocycles. The van der Waals surface area contributed by atoms with Gasteiger partial charge in [0, 0.05) is 5.57 Å². The van der Waals surface area contributed by atoms with Gasteiger partial charge in [-0.15, -0.1) is 0 Å². The summed E-state index contributed by atoms with van der Waals surface area (Å²) in [4.78, 5) is 11.2. The maximum absolute atomic E-state index is 11.2. The van der Waals surface area contributed by atoms with E-state index >= 15 is 0 Å². The van der Waals surface area contributed by atoms with Crippen molar-refractivity contribution in [2.45, 2.75) is 39.5 Å². The van der Waals surface area contributed by atoms with Gasteiger partial charge in [-0.25, -0.2) is 4.79 Å². The molecule has 1 aliphatic carbocycles. The van der Waals surface area contributed by atoms with Gasteiger partial charge in [0.25, 0.3) is 0 Å². The van der Waals surface area contributed by atoms with Crippen molar-refractivity contribution < 1.29 is 9.53 Å². The maximum Gasteiger partial charge on any atom is 0.333 e. The maximum atomic E-state index is 11.2. The molecule has 0 spiro atoms. The van der Waals surface area contributed by atoms with Crippen molar-refractivity contribution in [1.29, 1.82) is 0 Å². The average Bonchev–Trinajstić information content (AvgIpc) is 2.20. The zero-order valence-electron chi connectivity index (χ0n) is 9.38. The van der Waals surface area contributed by atoms with Crippen LogP contribution in [0.5, 0.6) is 0 Å². The normalized spacial score (nSPS) is 28.6. The van der Waals surface area contributed by atoms with E-state index in [2.05, 4.69) is 17.7 Å². The molecule has 0 amide bonds. The molecule has 0 aromatic carbocycles. The van der Waals surface area contributed by atoms with E-state index < -0.39 is 0 Å². The minimum Gasteiger partial charge on any atom is -0.466 e.